The van der Waals surface area contributed by atoms with Crippen molar-refractivity contribution in [2.45, 2.75) is 11.4 Å². The fraction of sp³-hybridized carbons (Fsp3) is 0.292. The molecule has 1 aliphatic rings. The Morgan fingerprint density at radius 2 is 1.85 bits per heavy atom. The van der Waals surface area contributed by atoms with Crippen molar-refractivity contribution in [3.63, 3.8) is 0 Å². The molecule has 0 aliphatic carbocycles. The van der Waals surface area contributed by atoms with Gasteiger partial charge in [-0.1, -0.05) is 18.2 Å². The van der Waals surface area contributed by atoms with Gasteiger partial charge in [-0.2, -0.15) is 4.31 Å². The first-order valence-corrected chi connectivity index (χ1v) is 13.3. The van der Waals surface area contributed by atoms with Crippen molar-refractivity contribution in [2.24, 2.45) is 4.99 Å². The topological polar surface area (TPSA) is 86.3 Å². The van der Waals surface area contributed by atoms with E-state index in [2.05, 4.69) is 4.57 Å². The van der Waals surface area contributed by atoms with Crippen molar-refractivity contribution in [1.82, 2.24) is 8.87 Å². The molecule has 0 radical (unpaired) electrons. The zero-order valence-corrected chi connectivity index (χ0v) is 20.3. The van der Waals surface area contributed by atoms with Crippen LogP contribution in [0.25, 0.3) is 22.4 Å². The summed E-state index contributed by atoms with van der Waals surface area (Å²) in [5.41, 5.74) is 2.42. The van der Waals surface area contributed by atoms with Crippen LogP contribution in [0.2, 0.25) is 0 Å². The molecule has 1 saturated heterocycles. The summed E-state index contributed by atoms with van der Waals surface area (Å²) in [6.45, 7) is 2.70. The number of sulfonamides is 1. The maximum atomic E-state index is 12.9. The van der Waals surface area contributed by atoms with E-state index >= 15 is 0 Å². The summed E-state index contributed by atoms with van der Waals surface area (Å²) in [6, 6.07) is 16.6. The normalized spacial score (nSPS) is 15.9. The predicted molar refractivity (Wildman–Crippen MR) is 131 cm³/mol. The number of aromatic nitrogens is 1. The van der Waals surface area contributed by atoms with Crippen LogP contribution in [0.1, 0.15) is 0 Å². The van der Waals surface area contributed by atoms with Gasteiger partial charge in [-0.3, -0.25) is 0 Å². The lowest BCUT2D eigenvalue weighted by Gasteiger charge is -2.26. The molecule has 0 amide bonds. The van der Waals surface area contributed by atoms with Crippen LogP contribution in [-0.4, -0.2) is 57.3 Å². The summed E-state index contributed by atoms with van der Waals surface area (Å²) in [5.74, 6) is 0.766. The monoisotopic (exact) mass is 499 g/mol. The maximum Gasteiger partial charge on any atom is 0.243 e. The molecule has 8 nitrogen and oxygen atoms in total. The van der Waals surface area contributed by atoms with Crippen LogP contribution >= 0.6 is 11.3 Å². The minimum absolute atomic E-state index is 0.259. The minimum atomic E-state index is -3.54. The van der Waals surface area contributed by atoms with E-state index in [0.29, 0.717) is 45.1 Å². The number of fused-ring (bicyclic) bond motifs is 1. The van der Waals surface area contributed by atoms with Gasteiger partial charge >= 0.3 is 0 Å². The third-order valence-electron chi connectivity index (χ3n) is 5.66. The van der Waals surface area contributed by atoms with Crippen molar-refractivity contribution < 1.29 is 22.3 Å². The minimum Gasteiger partial charge on any atom is -0.454 e. The molecule has 3 heterocycles. The number of hydrogen-bond acceptors (Lipinski definition) is 7. The summed E-state index contributed by atoms with van der Waals surface area (Å²) in [5, 5.41) is 3.06. The van der Waals surface area contributed by atoms with Gasteiger partial charge in [0.25, 0.3) is 0 Å². The molecule has 178 valence electrons. The van der Waals surface area contributed by atoms with Crippen LogP contribution < -0.4 is 4.80 Å². The lowest BCUT2D eigenvalue weighted by Crippen LogP contribution is -2.40. The van der Waals surface area contributed by atoms with Crippen molar-refractivity contribution in [3.8, 4) is 11.5 Å². The molecule has 4 aromatic rings. The zero-order chi connectivity index (χ0) is 23.5. The van der Waals surface area contributed by atoms with E-state index in [1.54, 1.807) is 31.4 Å². The van der Waals surface area contributed by atoms with E-state index in [-0.39, 0.29) is 4.90 Å². The molecule has 2 aromatic heterocycles. The highest BCUT2D eigenvalue weighted by molar-refractivity contribution is 7.89. The van der Waals surface area contributed by atoms with Gasteiger partial charge in [0.15, 0.2) is 10.6 Å². The third kappa shape index (κ3) is 4.59. The number of thiazole rings is 1. The van der Waals surface area contributed by atoms with Gasteiger partial charge in [-0.25, -0.2) is 13.4 Å². The molecular formula is C24H25N3O5S2. The predicted octanol–water partition coefficient (Wildman–Crippen LogP) is 3.86. The average molecular weight is 500 g/mol. The number of para-hydroxylation sites is 1. The highest BCUT2D eigenvalue weighted by atomic mass is 32.2. The van der Waals surface area contributed by atoms with Crippen LogP contribution in [0.4, 0.5) is 5.69 Å². The van der Waals surface area contributed by atoms with E-state index < -0.39 is 10.0 Å². The Hall–Kier alpha value is -2.76. The molecule has 1 aliphatic heterocycles. The fourth-order valence-electron chi connectivity index (χ4n) is 3.86. The molecule has 0 bridgehead atoms. The number of hydrogen-bond donors (Lipinski definition) is 0. The van der Waals surface area contributed by atoms with Crippen LogP contribution in [0.15, 0.2) is 74.3 Å². The molecule has 34 heavy (non-hydrogen) atoms. The Labute approximate surface area is 201 Å². The molecule has 0 N–H and O–H groups in total. The third-order valence-corrected chi connectivity index (χ3v) is 8.44. The standard InChI is InChI=1S/C24H25N3O5S2/c1-30-13-12-27-21(23-16-18-4-2-3-5-22(18)32-23)17-33-24(27)25-19-6-8-20(9-7-19)34(28,29)26-10-14-31-15-11-26/h2-9,16-17H,10-15H2,1H3. The summed E-state index contributed by atoms with van der Waals surface area (Å²) >= 11 is 1.50. The highest BCUT2D eigenvalue weighted by Crippen LogP contribution is 2.28. The largest absolute Gasteiger partial charge is 0.454 e. The highest BCUT2D eigenvalue weighted by Gasteiger charge is 2.26. The van der Waals surface area contributed by atoms with Crippen LogP contribution in [-0.2, 0) is 26.0 Å². The molecule has 5 rings (SSSR count). The summed E-state index contributed by atoms with van der Waals surface area (Å²) in [4.78, 5) is 5.82. The van der Waals surface area contributed by atoms with Crippen molar-refractivity contribution >= 4 is 38.0 Å². The number of ether oxygens (including phenoxy) is 2. The van der Waals surface area contributed by atoms with Crippen molar-refractivity contribution in [3.05, 3.63) is 64.8 Å². The smallest absolute Gasteiger partial charge is 0.243 e. The molecule has 2 aromatic carbocycles. The first-order chi connectivity index (χ1) is 16.6. The number of methoxy groups -OCH3 is 1. The quantitative estimate of drug-likeness (QED) is 0.385. The van der Waals surface area contributed by atoms with E-state index in [1.165, 1.54) is 15.6 Å². The van der Waals surface area contributed by atoms with Crippen LogP contribution in [0, 0.1) is 0 Å². The number of nitrogens with zero attached hydrogens (tertiary/aromatic N) is 3. The molecule has 0 saturated carbocycles. The van der Waals surface area contributed by atoms with Gasteiger partial charge in [0, 0.05) is 37.5 Å². The Morgan fingerprint density at radius 1 is 1.09 bits per heavy atom. The Balaban J connectivity index is 1.48. The molecule has 10 heteroatoms. The van der Waals surface area contributed by atoms with Gasteiger partial charge in [0.2, 0.25) is 10.0 Å². The lowest BCUT2D eigenvalue weighted by atomic mass is 10.2. The van der Waals surface area contributed by atoms with Crippen molar-refractivity contribution in [2.75, 3.05) is 40.0 Å². The maximum absolute atomic E-state index is 12.9. The number of morpholine rings is 1. The average Bonchev–Trinajstić information content (AvgIpc) is 3.47. The van der Waals surface area contributed by atoms with Gasteiger partial charge in [-0.15, -0.1) is 11.3 Å². The second-order valence-electron chi connectivity index (χ2n) is 7.82. The molecular weight excluding hydrogens is 474 g/mol. The Bertz CT molecular complexity index is 1410. The van der Waals surface area contributed by atoms with Crippen molar-refractivity contribution in [1.29, 1.82) is 0 Å². The zero-order valence-electron chi connectivity index (χ0n) is 18.7. The van der Waals surface area contributed by atoms with E-state index in [4.69, 9.17) is 18.9 Å². The first-order valence-electron chi connectivity index (χ1n) is 11.0. The van der Waals surface area contributed by atoms with E-state index in [1.807, 2.05) is 35.7 Å². The molecule has 0 atom stereocenters. The fourth-order valence-corrected chi connectivity index (χ4v) is 6.21. The summed E-state index contributed by atoms with van der Waals surface area (Å²) in [6.07, 6.45) is 0. The Morgan fingerprint density at radius 3 is 2.59 bits per heavy atom. The van der Waals surface area contributed by atoms with Crippen LogP contribution in [0.5, 0.6) is 0 Å². The van der Waals surface area contributed by atoms with Gasteiger partial charge in [-0.05, 0) is 36.4 Å². The van der Waals surface area contributed by atoms with Gasteiger partial charge < -0.3 is 18.5 Å². The second kappa shape index (κ2) is 9.85. The first kappa shape index (κ1) is 23.0. The van der Waals surface area contributed by atoms with Gasteiger partial charge in [0.05, 0.1) is 36.1 Å². The SMILES string of the molecule is COCCn1c(-c2cc3ccccc3o2)csc1=Nc1ccc(S(=O)(=O)N2CCOCC2)cc1. The molecule has 0 spiro atoms. The molecule has 1 fully saturated rings. The Kier molecular flexibility index (Phi) is 6.66. The van der Waals surface area contributed by atoms with E-state index in [9.17, 15) is 8.42 Å². The van der Waals surface area contributed by atoms with E-state index in [0.717, 1.165) is 27.2 Å². The number of furan rings is 1. The molecule has 0 unspecified atom stereocenters. The second-order valence-corrected chi connectivity index (χ2v) is 10.6. The number of benzene rings is 2. The lowest BCUT2D eigenvalue weighted by molar-refractivity contribution is 0.0730. The van der Waals surface area contributed by atoms with Crippen LogP contribution in [0.3, 0.4) is 0 Å². The number of rotatable bonds is 7. The summed E-state index contributed by atoms with van der Waals surface area (Å²) < 4.78 is 45.9. The summed E-state index contributed by atoms with van der Waals surface area (Å²) in [7, 11) is -1.87. The van der Waals surface area contributed by atoms with Gasteiger partial charge in [0.1, 0.15) is 5.58 Å².